The second-order valence-corrected chi connectivity index (χ2v) is 5.74. The molecular formula is C17H21N3O3. The Labute approximate surface area is 135 Å². The minimum atomic E-state index is 0.00666. The number of hydrogen-bond acceptors (Lipinski definition) is 4. The van der Waals surface area contributed by atoms with Crippen LogP contribution in [0.4, 0.5) is 0 Å². The van der Waals surface area contributed by atoms with Gasteiger partial charge >= 0.3 is 0 Å². The first kappa shape index (κ1) is 15.4. The Morgan fingerprint density at radius 2 is 2.04 bits per heavy atom. The normalized spacial score (nSPS) is 17.3. The second-order valence-electron chi connectivity index (χ2n) is 5.74. The van der Waals surface area contributed by atoms with Crippen LogP contribution in [0.15, 0.2) is 36.7 Å². The fourth-order valence-corrected chi connectivity index (χ4v) is 2.73. The smallest absolute Gasteiger partial charge is 0.260 e. The summed E-state index contributed by atoms with van der Waals surface area (Å²) in [5.74, 6) is 1.44. The molecular weight excluding hydrogens is 294 g/mol. The van der Waals surface area contributed by atoms with E-state index in [1.165, 1.54) is 0 Å². The second kappa shape index (κ2) is 6.73. The molecule has 2 aromatic rings. The number of hydrogen-bond donors (Lipinski definition) is 0. The molecule has 122 valence electrons. The molecule has 0 bridgehead atoms. The lowest BCUT2D eigenvalue weighted by Gasteiger charge is -2.17. The first-order chi connectivity index (χ1) is 11.2. The summed E-state index contributed by atoms with van der Waals surface area (Å²) >= 11 is 0. The monoisotopic (exact) mass is 315 g/mol. The van der Waals surface area contributed by atoms with Crippen molar-refractivity contribution in [2.75, 3.05) is 26.8 Å². The van der Waals surface area contributed by atoms with Crippen molar-refractivity contribution < 1.29 is 14.3 Å². The summed E-state index contributed by atoms with van der Waals surface area (Å²) in [4.78, 5) is 14.1. The third-order valence-corrected chi connectivity index (χ3v) is 4.04. The zero-order valence-corrected chi connectivity index (χ0v) is 13.4. The van der Waals surface area contributed by atoms with E-state index in [2.05, 4.69) is 5.10 Å². The summed E-state index contributed by atoms with van der Waals surface area (Å²) in [5, 5.41) is 4.34. The van der Waals surface area contributed by atoms with Crippen LogP contribution in [-0.4, -0.2) is 47.4 Å². The Hall–Kier alpha value is -2.50. The van der Waals surface area contributed by atoms with Crippen molar-refractivity contribution in [3.8, 4) is 11.5 Å². The van der Waals surface area contributed by atoms with Crippen molar-refractivity contribution in [1.82, 2.24) is 14.7 Å². The summed E-state index contributed by atoms with van der Waals surface area (Å²) in [5.41, 5.74) is 1.14. The minimum Gasteiger partial charge on any atom is -0.497 e. The highest BCUT2D eigenvalue weighted by atomic mass is 16.5. The van der Waals surface area contributed by atoms with Crippen molar-refractivity contribution in [2.45, 2.75) is 19.4 Å². The van der Waals surface area contributed by atoms with Crippen molar-refractivity contribution in [2.24, 2.45) is 0 Å². The van der Waals surface area contributed by atoms with Crippen molar-refractivity contribution >= 4 is 5.91 Å². The third kappa shape index (κ3) is 3.64. The van der Waals surface area contributed by atoms with Gasteiger partial charge in [-0.15, -0.1) is 0 Å². The van der Waals surface area contributed by atoms with Gasteiger partial charge < -0.3 is 14.4 Å². The molecule has 6 heteroatoms. The van der Waals surface area contributed by atoms with Gasteiger partial charge in [0, 0.05) is 19.3 Å². The molecule has 0 aliphatic carbocycles. The van der Waals surface area contributed by atoms with Crippen LogP contribution in [0.1, 0.15) is 18.0 Å². The zero-order valence-electron chi connectivity index (χ0n) is 13.4. The highest BCUT2D eigenvalue weighted by Crippen LogP contribution is 2.22. The molecule has 1 aliphatic heterocycles. The van der Waals surface area contributed by atoms with Crippen LogP contribution in [0, 0.1) is 6.92 Å². The minimum absolute atomic E-state index is 0.00666. The Morgan fingerprint density at radius 3 is 2.70 bits per heavy atom. The van der Waals surface area contributed by atoms with Gasteiger partial charge in [0.1, 0.15) is 11.5 Å². The Morgan fingerprint density at radius 1 is 1.30 bits per heavy atom. The molecule has 0 radical (unpaired) electrons. The first-order valence-electron chi connectivity index (χ1n) is 7.71. The standard InChI is InChI=1S/C17H21N3O3/c1-13-9-18-20(10-13)14-7-8-19(11-14)17(21)12-23-16-5-3-15(22-2)4-6-16/h3-6,9-10,14H,7-8,11-12H2,1-2H3. The topological polar surface area (TPSA) is 56.6 Å². The van der Waals surface area contributed by atoms with Crippen LogP contribution >= 0.6 is 0 Å². The van der Waals surface area contributed by atoms with Gasteiger partial charge in [-0.25, -0.2) is 0 Å². The Bertz CT molecular complexity index is 666. The average Bonchev–Trinajstić information content (AvgIpc) is 3.22. The lowest BCUT2D eigenvalue weighted by molar-refractivity contribution is -0.132. The van der Waals surface area contributed by atoms with Crippen molar-refractivity contribution in [3.63, 3.8) is 0 Å². The number of rotatable bonds is 5. The third-order valence-electron chi connectivity index (χ3n) is 4.04. The van der Waals surface area contributed by atoms with Gasteiger partial charge in [0.2, 0.25) is 0 Å². The molecule has 1 aromatic carbocycles. The summed E-state index contributed by atoms with van der Waals surface area (Å²) in [6.07, 6.45) is 4.79. The number of aryl methyl sites for hydroxylation is 1. The van der Waals surface area contributed by atoms with E-state index in [4.69, 9.17) is 9.47 Å². The summed E-state index contributed by atoms with van der Waals surface area (Å²) in [6, 6.07) is 7.47. The van der Waals surface area contributed by atoms with Crippen LogP contribution in [0.5, 0.6) is 11.5 Å². The maximum absolute atomic E-state index is 12.3. The summed E-state index contributed by atoms with van der Waals surface area (Å²) in [6.45, 7) is 3.50. The molecule has 6 nitrogen and oxygen atoms in total. The number of likely N-dealkylation sites (tertiary alicyclic amines) is 1. The van der Waals surface area contributed by atoms with Gasteiger partial charge in [-0.1, -0.05) is 0 Å². The van der Waals surface area contributed by atoms with E-state index in [-0.39, 0.29) is 18.6 Å². The molecule has 1 fully saturated rings. The van der Waals surface area contributed by atoms with Crippen molar-refractivity contribution in [3.05, 3.63) is 42.2 Å². The number of methoxy groups -OCH3 is 1. The first-order valence-corrected chi connectivity index (χ1v) is 7.71. The van der Waals surface area contributed by atoms with E-state index in [0.717, 1.165) is 24.3 Å². The van der Waals surface area contributed by atoms with Gasteiger partial charge in [-0.05, 0) is 43.2 Å². The maximum Gasteiger partial charge on any atom is 0.260 e. The van der Waals surface area contributed by atoms with E-state index >= 15 is 0 Å². The number of ether oxygens (including phenoxy) is 2. The molecule has 0 N–H and O–H groups in total. The van der Waals surface area contributed by atoms with Crippen LogP contribution < -0.4 is 9.47 Å². The van der Waals surface area contributed by atoms with Gasteiger partial charge in [-0.2, -0.15) is 5.10 Å². The van der Waals surface area contributed by atoms with Crippen LogP contribution in [0.3, 0.4) is 0 Å². The molecule has 2 heterocycles. The van der Waals surface area contributed by atoms with E-state index in [1.807, 2.05) is 41.0 Å². The maximum atomic E-state index is 12.3. The SMILES string of the molecule is COc1ccc(OCC(=O)N2CCC(n3cc(C)cn3)C2)cc1. The summed E-state index contributed by atoms with van der Waals surface area (Å²) < 4.78 is 12.6. The van der Waals surface area contributed by atoms with E-state index in [9.17, 15) is 4.79 Å². The van der Waals surface area contributed by atoms with Crippen LogP contribution in [0.25, 0.3) is 0 Å². The number of benzene rings is 1. The number of aromatic nitrogens is 2. The van der Waals surface area contributed by atoms with Gasteiger partial charge in [-0.3, -0.25) is 9.48 Å². The van der Waals surface area contributed by atoms with Crippen LogP contribution in [-0.2, 0) is 4.79 Å². The molecule has 23 heavy (non-hydrogen) atoms. The molecule has 1 aliphatic rings. The van der Waals surface area contributed by atoms with Crippen LogP contribution in [0.2, 0.25) is 0 Å². The van der Waals surface area contributed by atoms with E-state index < -0.39 is 0 Å². The molecule has 1 atom stereocenters. The number of carbonyl (C=O) groups excluding carboxylic acids is 1. The van der Waals surface area contributed by atoms with E-state index in [1.54, 1.807) is 19.2 Å². The predicted molar refractivity (Wildman–Crippen MR) is 85.7 cm³/mol. The molecule has 1 saturated heterocycles. The number of amides is 1. The molecule has 1 aromatic heterocycles. The molecule has 0 spiro atoms. The van der Waals surface area contributed by atoms with Crippen molar-refractivity contribution in [1.29, 1.82) is 0 Å². The van der Waals surface area contributed by atoms with Gasteiger partial charge in [0.05, 0.1) is 19.3 Å². The average molecular weight is 315 g/mol. The highest BCUT2D eigenvalue weighted by molar-refractivity contribution is 5.78. The Kier molecular flexibility index (Phi) is 4.50. The predicted octanol–water partition coefficient (Wildman–Crippen LogP) is 2.05. The van der Waals surface area contributed by atoms with E-state index in [0.29, 0.717) is 12.3 Å². The Balaban J connectivity index is 1.50. The lowest BCUT2D eigenvalue weighted by Crippen LogP contribution is -2.33. The number of carbonyl (C=O) groups is 1. The largest absolute Gasteiger partial charge is 0.497 e. The van der Waals surface area contributed by atoms with Gasteiger partial charge in [0.15, 0.2) is 6.61 Å². The lowest BCUT2D eigenvalue weighted by atomic mass is 10.3. The molecule has 1 amide bonds. The molecule has 0 saturated carbocycles. The summed E-state index contributed by atoms with van der Waals surface area (Å²) in [7, 11) is 1.62. The highest BCUT2D eigenvalue weighted by Gasteiger charge is 2.27. The van der Waals surface area contributed by atoms with Gasteiger partial charge in [0.25, 0.3) is 5.91 Å². The fourth-order valence-electron chi connectivity index (χ4n) is 2.73. The quantitative estimate of drug-likeness (QED) is 0.847. The number of nitrogens with zero attached hydrogens (tertiary/aromatic N) is 3. The molecule has 3 rings (SSSR count). The fraction of sp³-hybridized carbons (Fsp3) is 0.412. The molecule has 1 unspecified atom stereocenters. The zero-order chi connectivity index (χ0) is 16.2.